The number of rotatable bonds is 10. The molecule has 0 atom stereocenters. The summed E-state index contributed by atoms with van der Waals surface area (Å²) in [7, 11) is 0. The summed E-state index contributed by atoms with van der Waals surface area (Å²) >= 11 is 1.38. The van der Waals surface area contributed by atoms with Gasteiger partial charge in [0.15, 0.2) is 0 Å². The summed E-state index contributed by atoms with van der Waals surface area (Å²) in [5.41, 5.74) is 4.69. The average molecular weight is 453 g/mol. The Kier molecular flexibility index (Phi) is 8.39. The molecule has 0 fully saturated rings. The Morgan fingerprint density at radius 1 is 1.06 bits per heavy atom. The number of carbonyl (C=O) groups excluding carboxylic acids is 2. The van der Waals surface area contributed by atoms with Crippen molar-refractivity contribution in [2.75, 3.05) is 11.9 Å². The number of benzene rings is 2. The van der Waals surface area contributed by atoms with E-state index >= 15 is 0 Å². The number of nitrogens with one attached hydrogen (secondary N) is 1. The van der Waals surface area contributed by atoms with Crippen molar-refractivity contribution in [1.29, 1.82) is 0 Å². The van der Waals surface area contributed by atoms with Gasteiger partial charge in [-0.3, -0.25) is 9.59 Å². The van der Waals surface area contributed by atoms with Gasteiger partial charge < -0.3 is 14.8 Å². The lowest BCUT2D eigenvalue weighted by atomic mass is 10.1. The SMILES string of the molecule is Cc1cccc(OCCCC(=O)OCc2csc(CC(=O)Nc3cc(C)ccc3C)n2)c1. The Balaban J connectivity index is 1.36. The second kappa shape index (κ2) is 11.4. The zero-order chi connectivity index (χ0) is 22.9. The van der Waals surface area contributed by atoms with E-state index in [9.17, 15) is 9.59 Å². The van der Waals surface area contributed by atoms with E-state index in [0.717, 1.165) is 28.1 Å². The maximum absolute atomic E-state index is 12.3. The number of esters is 1. The van der Waals surface area contributed by atoms with Crippen LogP contribution in [0.3, 0.4) is 0 Å². The molecule has 0 saturated heterocycles. The maximum Gasteiger partial charge on any atom is 0.306 e. The van der Waals surface area contributed by atoms with Gasteiger partial charge in [0.2, 0.25) is 5.91 Å². The normalized spacial score (nSPS) is 10.6. The van der Waals surface area contributed by atoms with Crippen LogP contribution in [-0.2, 0) is 27.4 Å². The summed E-state index contributed by atoms with van der Waals surface area (Å²) in [6.07, 6.45) is 1.04. The van der Waals surface area contributed by atoms with E-state index < -0.39 is 0 Å². The van der Waals surface area contributed by atoms with Gasteiger partial charge in [-0.2, -0.15) is 0 Å². The zero-order valence-corrected chi connectivity index (χ0v) is 19.5. The van der Waals surface area contributed by atoms with Crippen LogP contribution < -0.4 is 10.1 Å². The summed E-state index contributed by atoms with van der Waals surface area (Å²) in [6, 6.07) is 13.7. The van der Waals surface area contributed by atoms with Crippen LogP contribution in [0.5, 0.6) is 5.75 Å². The van der Waals surface area contributed by atoms with Gasteiger partial charge in [0.05, 0.1) is 18.7 Å². The standard InChI is InChI=1S/C25H28N2O4S/c1-17-6-4-7-21(12-17)30-11-5-8-25(29)31-15-20-16-32-24(26-20)14-23(28)27-22-13-18(2)9-10-19(22)3/h4,6-7,9-10,12-13,16H,5,8,11,14-15H2,1-3H3,(H,27,28). The molecular weight excluding hydrogens is 424 g/mol. The molecule has 1 aromatic heterocycles. The van der Waals surface area contributed by atoms with Gasteiger partial charge in [0.25, 0.3) is 0 Å². The van der Waals surface area contributed by atoms with E-state index in [1.807, 2.05) is 68.6 Å². The van der Waals surface area contributed by atoms with E-state index in [1.54, 1.807) is 0 Å². The number of hydrogen-bond donors (Lipinski definition) is 1. The Hall–Kier alpha value is -3.19. The van der Waals surface area contributed by atoms with Gasteiger partial charge in [0.1, 0.15) is 17.4 Å². The van der Waals surface area contributed by atoms with Crippen molar-refractivity contribution in [3.63, 3.8) is 0 Å². The van der Waals surface area contributed by atoms with E-state index in [1.165, 1.54) is 11.3 Å². The quantitative estimate of drug-likeness (QED) is 0.340. The molecule has 0 bridgehead atoms. The first-order valence-corrected chi connectivity index (χ1v) is 11.4. The van der Waals surface area contributed by atoms with Gasteiger partial charge >= 0.3 is 5.97 Å². The largest absolute Gasteiger partial charge is 0.494 e. The number of aromatic nitrogens is 1. The molecule has 0 aliphatic rings. The van der Waals surface area contributed by atoms with Gasteiger partial charge in [0, 0.05) is 17.5 Å². The van der Waals surface area contributed by atoms with Crippen molar-refractivity contribution < 1.29 is 19.1 Å². The fourth-order valence-corrected chi connectivity index (χ4v) is 3.81. The molecule has 0 aliphatic carbocycles. The first kappa shape index (κ1) is 23.5. The molecule has 0 aliphatic heterocycles. The van der Waals surface area contributed by atoms with Crippen LogP contribution in [0.2, 0.25) is 0 Å². The second-order valence-electron chi connectivity index (χ2n) is 7.71. The summed E-state index contributed by atoms with van der Waals surface area (Å²) in [6.45, 7) is 6.51. The summed E-state index contributed by atoms with van der Waals surface area (Å²) in [4.78, 5) is 28.7. The molecule has 7 heteroatoms. The van der Waals surface area contributed by atoms with Crippen LogP contribution in [0.1, 0.15) is 40.2 Å². The van der Waals surface area contributed by atoms with Crippen molar-refractivity contribution in [3.05, 3.63) is 75.2 Å². The Morgan fingerprint density at radius 3 is 2.69 bits per heavy atom. The monoisotopic (exact) mass is 452 g/mol. The van der Waals surface area contributed by atoms with Gasteiger partial charge in [-0.1, -0.05) is 24.3 Å². The third kappa shape index (κ3) is 7.50. The van der Waals surface area contributed by atoms with Crippen LogP contribution in [0.25, 0.3) is 0 Å². The molecule has 2 aromatic carbocycles. The number of aryl methyl sites for hydroxylation is 3. The van der Waals surface area contributed by atoms with Crippen LogP contribution in [0, 0.1) is 20.8 Å². The molecular formula is C25H28N2O4S. The first-order chi connectivity index (χ1) is 15.4. The molecule has 0 unspecified atom stereocenters. The smallest absolute Gasteiger partial charge is 0.306 e. The van der Waals surface area contributed by atoms with Crippen LogP contribution in [0.4, 0.5) is 5.69 Å². The average Bonchev–Trinajstić information content (AvgIpc) is 3.19. The van der Waals surface area contributed by atoms with E-state index in [4.69, 9.17) is 9.47 Å². The minimum Gasteiger partial charge on any atom is -0.494 e. The van der Waals surface area contributed by atoms with Crippen molar-refractivity contribution >= 4 is 28.9 Å². The predicted octanol–water partition coefficient (Wildman–Crippen LogP) is 5.15. The summed E-state index contributed by atoms with van der Waals surface area (Å²) in [5.74, 6) is 0.389. The Labute approximate surface area is 192 Å². The van der Waals surface area contributed by atoms with E-state index in [2.05, 4.69) is 10.3 Å². The molecule has 1 N–H and O–H groups in total. The lowest BCUT2D eigenvalue weighted by molar-refractivity contribution is -0.145. The number of hydrogen-bond acceptors (Lipinski definition) is 6. The van der Waals surface area contributed by atoms with Crippen LogP contribution in [-0.4, -0.2) is 23.5 Å². The number of anilines is 1. The van der Waals surface area contributed by atoms with Crippen molar-refractivity contribution in [2.45, 2.75) is 46.6 Å². The minimum atomic E-state index is -0.292. The highest BCUT2D eigenvalue weighted by Crippen LogP contribution is 2.18. The number of carbonyl (C=O) groups is 2. The molecule has 0 radical (unpaired) electrons. The lowest BCUT2D eigenvalue weighted by Gasteiger charge is -2.08. The minimum absolute atomic E-state index is 0.104. The molecule has 0 saturated carbocycles. The lowest BCUT2D eigenvalue weighted by Crippen LogP contribution is -2.15. The molecule has 3 aromatic rings. The van der Waals surface area contributed by atoms with Crippen LogP contribution >= 0.6 is 11.3 Å². The van der Waals surface area contributed by atoms with E-state index in [0.29, 0.717) is 23.7 Å². The third-order valence-corrected chi connectivity index (χ3v) is 5.64. The van der Waals surface area contributed by atoms with Crippen molar-refractivity contribution in [1.82, 2.24) is 4.98 Å². The molecule has 168 valence electrons. The van der Waals surface area contributed by atoms with E-state index in [-0.39, 0.29) is 31.3 Å². The highest BCUT2D eigenvalue weighted by Gasteiger charge is 2.11. The molecule has 1 heterocycles. The topological polar surface area (TPSA) is 77.5 Å². The molecule has 0 spiro atoms. The predicted molar refractivity (Wildman–Crippen MR) is 126 cm³/mol. The highest BCUT2D eigenvalue weighted by molar-refractivity contribution is 7.09. The second-order valence-corrected chi connectivity index (χ2v) is 8.65. The molecule has 3 rings (SSSR count). The van der Waals surface area contributed by atoms with Gasteiger partial charge in [-0.25, -0.2) is 4.98 Å². The molecule has 6 nitrogen and oxygen atoms in total. The third-order valence-electron chi connectivity index (χ3n) is 4.74. The van der Waals surface area contributed by atoms with Crippen molar-refractivity contribution in [2.24, 2.45) is 0 Å². The number of ether oxygens (including phenoxy) is 2. The molecule has 32 heavy (non-hydrogen) atoms. The van der Waals surface area contributed by atoms with Crippen LogP contribution in [0.15, 0.2) is 47.8 Å². The number of amides is 1. The number of thiazole rings is 1. The van der Waals surface area contributed by atoms with Gasteiger partial charge in [-0.05, 0) is 62.1 Å². The first-order valence-electron chi connectivity index (χ1n) is 10.5. The fourth-order valence-electron chi connectivity index (χ4n) is 3.04. The maximum atomic E-state index is 12.3. The Bertz CT molecular complexity index is 1080. The fraction of sp³-hybridized carbons (Fsp3) is 0.320. The Morgan fingerprint density at radius 2 is 1.88 bits per heavy atom. The molecule has 1 amide bonds. The number of nitrogens with zero attached hydrogens (tertiary/aromatic N) is 1. The zero-order valence-electron chi connectivity index (χ0n) is 18.6. The summed E-state index contributed by atoms with van der Waals surface area (Å²) < 4.78 is 10.9. The highest BCUT2D eigenvalue weighted by atomic mass is 32.1. The van der Waals surface area contributed by atoms with Gasteiger partial charge in [-0.15, -0.1) is 11.3 Å². The van der Waals surface area contributed by atoms with Crippen molar-refractivity contribution in [3.8, 4) is 5.75 Å². The summed E-state index contributed by atoms with van der Waals surface area (Å²) in [5, 5.41) is 5.43.